The lowest BCUT2D eigenvalue weighted by Crippen LogP contribution is -2.11. The van der Waals surface area contributed by atoms with Crippen LogP contribution in [0.3, 0.4) is 0 Å². The molecule has 16 heavy (non-hydrogen) atoms. The Hall–Kier alpha value is -1.78. The maximum absolute atomic E-state index is 10.8. The van der Waals surface area contributed by atoms with Crippen molar-refractivity contribution < 1.29 is 9.90 Å². The Morgan fingerprint density at radius 2 is 2.44 bits per heavy atom. The fourth-order valence-corrected chi connectivity index (χ4v) is 1.71. The zero-order valence-corrected chi connectivity index (χ0v) is 9.10. The summed E-state index contributed by atoms with van der Waals surface area (Å²) in [6.45, 7) is 3.00. The number of nitrogen functional groups attached to an aromatic ring is 1. The van der Waals surface area contributed by atoms with Gasteiger partial charge in [-0.2, -0.15) is 0 Å². The molecule has 0 saturated heterocycles. The summed E-state index contributed by atoms with van der Waals surface area (Å²) in [5.74, 6) is 0.854. The molecule has 0 amide bonds. The van der Waals surface area contributed by atoms with E-state index in [1.54, 1.807) is 0 Å². The highest BCUT2D eigenvalue weighted by molar-refractivity contribution is 5.96. The summed E-state index contributed by atoms with van der Waals surface area (Å²) in [5.41, 5.74) is 6.03. The molecule has 1 aromatic rings. The van der Waals surface area contributed by atoms with Gasteiger partial charge < -0.3 is 16.2 Å². The minimum absolute atomic E-state index is 0.0985. The van der Waals surface area contributed by atoms with Gasteiger partial charge in [0.1, 0.15) is 5.82 Å². The molecule has 0 spiro atoms. The van der Waals surface area contributed by atoms with Gasteiger partial charge in [0, 0.05) is 12.7 Å². The van der Waals surface area contributed by atoms with Crippen LogP contribution in [0.25, 0.3) is 0 Å². The number of nitrogens with two attached hydrogens (primary N) is 1. The largest absolute Gasteiger partial charge is 0.478 e. The molecule has 0 radical (unpaired) electrons. The summed E-state index contributed by atoms with van der Waals surface area (Å²) in [7, 11) is 0. The molecule has 86 valence electrons. The molecule has 1 aliphatic rings. The molecule has 5 heteroatoms. The van der Waals surface area contributed by atoms with E-state index < -0.39 is 5.97 Å². The van der Waals surface area contributed by atoms with Gasteiger partial charge in [-0.25, -0.2) is 9.78 Å². The minimum Gasteiger partial charge on any atom is -0.478 e. The number of carbonyl (C=O) groups is 1. The van der Waals surface area contributed by atoms with Crippen LogP contribution in [-0.2, 0) is 0 Å². The summed E-state index contributed by atoms with van der Waals surface area (Å²) < 4.78 is 0. The predicted molar refractivity (Wildman–Crippen MR) is 61.4 cm³/mol. The molecule has 0 bridgehead atoms. The van der Waals surface area contributed by atoms with Crippen LogP contribution < -0.4 is 11.1 Å². The zero-order valence-electron chi connectivity index (χ0n) is 9.10. The molecule has 0 aromatic carbocycles. The van der Waals surface area contributed by atoms with Crippen LogP contribution in [0.2, 0.25) is 0 Å². The topological polar surface area (TPSA) is 88.2 Å². The summed E-state index contributed by atoms with van der Waals surface area (Å²) in [6.07, 6.45) is 2.67. The Morgan fingerprint density at radius 3 is 3.00 bits per heavy atom. The molecule has 0 aliphatic heterocycles. The second-order valence-corrected chi connectivity index (χ2v) is 4.28. The van der Waals surface area contributed by atoms with E-state index in [0.717, 1.165) is 12.5 Å². The molecule has 2 rings (SSSR count). The van der Waals surface area contributed by atoms with Crippen molar-refractivity contribution in [3.05, 3.63) is 17.8 Å². The average molecular weight is 221 g/mol. The number of hydrogen-bond acceptors (Lipinski definition) is 4. The molecular formula is C11H15N3O2. The fraction of sp³-hybridized carbons (Fsp3) is 0.455. The Kier molecular flexibility index (Phi) is 2.68. The number of aromatic nitrogens is 1. The molecule has 1 heterocycles. The average Bonchev–Trinajstić information content (AvgIpc) is 2.93. The highest BCUT2D eigenvalue weighted by Crippen LogP contribution is 2.37. The van der Waals surface area contributed by atoms with E-state index in [-0.39, 0.29) is 11.3 Å². The van der Waals surface area contributed by atoms with E-state index in [9.17, 15) is 4.79 Å². The van der Waals surface area contributed by atoms with Crippen LogP contribution >= 0.6 is 0 Å². The zero-order chi connectivity index (χ0) is 11.7. The number of carboxylic acids is 1. The SMILES string of the molecule is CC1CC1CNc1nccc(C(=O)O)c1N. The number of carboxylic acid groups (broad SMARTS) is 1. The Morgan fingerprint density at radius 1 is 1.75 bits per heavy atom. The van der Waals surface area contributed by atoms with Crippen LogP contribution in [0.5, 0.6) is 0 Å². The number of pyridine rings is 1. The van der Waals surface area contributed by atoms with Crippen molar-refractivity contribution in [2.24, 2.45) is 11.8 Å². The molecule has 5 nitrogen and oxygen atoms in total. The van der Waals surface area contributed by atoms with E-state index in [4.69, 9.17) is 10.8 Å². The van der Waals surface area contributed by atoms with Gasteiger partial charge in [0.2, 0.25) is 0 Å². The molecule has 4 N–H and O–H groups in total. The molecule has 2 atom stereocenters. The Bertz CT molecular complexity index is 420. The van der Waals surface area contributed by atoms with Crippen molar-refractivity contribution in [3.8, 4) is 0 Å². The second kappa shape index (κ2) is 4.00. The van der Waals surface area contributed by atoms with Crippen LogP contribution in [0, 0.1) is 11.8 Å². The van der Waals surface area contributed by atoms with E-state index in [1.165, 1.54) is 18.7 Å². The van der Waals surface area contributed by atoms with Crippen molar-refractivity contribution in [2.75, 3.05) is 17.6 Å². The third-order valence-electron chi connectivity index (χ3n) is 3.03. The molecule has 1 aliphatic carbocycles. The first-order valence-corrected chi connectivity index (χ1v) is 5.31. The minimum atomic E-state index is -1.03. The second-order valence-electron chi connectivity index (χ2n) is 4.28. The number of hydrogen-bond donors (Lipinski definition) is 3. The van der Waals surface area contributed by atoms with Gasteiger partial charge in [0.25, 0.3) is 0 Å². The van der Waals surface area contributed by atoms with Crippen molar-refractivity contribution >= 4 is 17.5 Å². The first kappa shape index (κ1) is 10.7. The van der Waals surface area contributed by atoms with Gasteiger partial charge in [-0.05, 0) is 24.3 Å². The number of aromatic carboxylic acids is 1. The third kappa shape index (κ3) is 2.08. The first-order valence-electron chi connectivity index (χ1n) is 5.31. The summed E-state index contributed by atoms with van der Waals surface area (Å²) in [4.78, 5) is 14.9. The number of nitrogens with one attached hydrogen (secondary N) is 1. The lowest BCUT2D eigenvalue weighted by Gasteiger charge is -2.09. The number of anilines is 2. The van der Waals surface area contributed by atoms with Crippen LogP contribution in [0.15, 0.2) is 12.3 Å². The van der Waals surface area contributed by atoms with Crippen LogP contribution in [0.4, 0.5) is 11.5 Å². The molecule has 1 aromatic heterocycles. The van der Waals surface area contributed by atoms with Gasteiger partial charge in [0.15, 0.2) is 0 Å². The van der Waals surface area contributed by atoms with Crippen molar-refractivity contribution in [2.45, 2.75) is 13.3 Å². The van der Waals surface area contributed by atoms with Crippen molar-refractivity contribution in [3.63, 3.8) is 0 Å². The fourth-order valence-electron chi connectivity index (χ4n) is 1.71. The summed E-state index contributed by atoms with van der Waals surface area (Å²) in [6, 6.07) is 1.41. The third-order valence-corrected chi connectivity index (χ3v) is 3.03. The lowest BCUT2D eigenvalue weighted by molar-refractivity contribution is 0.0698. The first-order chi connectivity index (χ1) is 7.59. The molecule has 2 unspecified atom stereocenters. The van der Waals surface area contributed by atoms with Gasteiger partial charge in [-0.15, -0.1) is 0 Å². The van der Waals surface area contributed by atoms with Gasteiger partial charge in [0.05, 0.1) is 11.3 Å². The summed E-state index contributed by atoms with van der Waals surface area (Å²) >= 11 is 0. The van der Waals surface area contributed by atoms with E-state index in [2.05, 4.69) is 17.2 Å². The number of nitrogens with zero attached hydrogens (tertiary/aromatic N) is 1. The molecule has 1 fully saturated rings. The highest BCUT2D eigenvalue weighted by Gasteiger charge is 2.32. The van der Waals surface area contributed by atoms with Gasteiger partial charge in [-0.3, -0.25) is 0 Å². The Balaban J connectivity index is 2.08. The highest BCUT2D eigenvalue weighted by atomic mass is 16.4. The van der Waals surface area contributed by atoms with Gasteiger partial charge in [-0.1, -0.05) is 6.92 Å². The maximum Gasteiger partial charge on any atom is 0.337 e. The van der Waals surface area contributed by atoms with Gasteiger partial charge >= 0.3 is 5.97 Å². The summed E-state index contributed by atoms with van der Waals surface area (Å²) in [5, 5.41) is 12.0. The normalized spacial score (nSPS) is 22.8. The predicted octanol–water partition coefficient (Wildman–Crippen LogP) is 1.43. The molecule has 1 saturated carbocycles. The monoisotopic (exact) mass is 221 g/mol. The quantitative estimate of drug-likeness (QED) is 0.715. The lowest BCUT2D eigenvalue weighted by atomic mass is 10.2. The molecular weight excluding hydrogens is 206 g/mol. The Labute approximate surface area is 93.7 Å². The van der Waals surface area contributed by atoms with Crippen LogP contribution in [-0.4, -0.2) is 22.6 Å². The van der Waals surface area contributed by atoms with Crippen molar-refractivity contribution in [1.82, 2.24) is 4.98 Å². The number of rotatable bonds is 4. The van der Waals surface area contributed by atoms with E-state index in [1.807, 2.05) is 0 Å². The maximum atomic E-state index is 10.8. The smallest absolute Gasteiger partial charge is 0.337 e. The van der Waals surface area contributed by atoms with E-state index >= 15 is 0 Å². The van der Waals surface area contributed by atoms with Crippen molar-refractivity contribution in [1.29, 1.82) is 0 Å². The standard InChI is InChI=1S/C11H15N3O2/c1-6-4-7(6)5-14-10-9(12)8(11(15)16)2-3-13-10/h2-3,6-7H,4-5,12H2,1H3,(H,13,14)(H,15,16). The van der Waals surface area contributed by atoms with Crippen LogP contribution in [0.1, 0.15) is 23.7 Å². The van der Waals surface area contributed by atoms with E-state index in [0.29, 0.717) is 11.7 Å².